The second-order valence-electron chi connectivity index (χ2n) is 10.1. The van der Waals surface area contributed by atoms with E-state index < -0.39 is 6.09 Å². The van der Waals surface area contributed by atoms with Crippen molar-refractivity contribution in [2.45, 2.75) is 51.2 Å². The largest absolute Gasteiger partial charge is 0.492 e. The quantitative estimate of drug-likeness (QED) is 0.373. The van der Waals surface area contributed by atoms with Gasteiger partial charge in [-0.25, -0.2) is 10.3 Å². The van der Waals surface area contributed by atoms with Crippen LogP contribution in [-0.4, -0.2) is 41.4 Å². The number of carbonyl (C=O) groups is 1. The molecule has 1 atom stereocenters. The van der Waals surface area contributed by atoms with Crippen LogP contribution < -0.4 is 21.0 Å². The fraction of sp³-hybridized carbons (Fsp3) is 0.393. The minimum Gasteiger partial charge on any atom is -0.492 e. The molecule has 0 saturated heterocycles. The Morgan fingerprint density at radius 3 is 2.68 bits per heavy atom. The maximum absolute atomic E-state index is 12.3. The Hall–Kier alpha value is -4.23. The smallest absolute Gasteiger partial charge is 0.411 e. The number of nitrogens with zero attached hydrogens (tertiary/aromatic N) is 4. The summed E-state index contributed by atoms with van der Waals surface area (Å²) in [5.41, 5.74) is 9.93. The number of nitrogens with one attached hydrogen (secondary N) is 3. The molecule has 6 rings (SSSR count). The van der Waals surface area contributed by atoms with E-state index in [9.17, 15) is 10.1 Å². The molecular weight excluding hydrogens is 482 g/mol. The molecule has 2 fully saturated rings. The van der Waals surface area contributed by atoms with Crippen molar-refractivity contribution < 1.29 is 14.3 Å². The van der Waals surface area contributed by atoms with Crippen LogP contribution in [0.2, 0.25) is 0 Å². The van der Waals surface area contributed by atoms with E-state index in [1.165, 1.54) is 6.42 Å². The van der Waals surface area contributed by atoms with Crippen LogP contribution in [0.4, 0.5) is 10.5 Å². The highest BCUT2D eigenvalue weighted by Gasteiger charge is 2.31. The van der Waals surface area contributed by atoms with Crippen LogP contribution in [0.15, 0.2) is 47.6 Å². The number of anilines is 1. The van der Waals surface area contributed by atoms with Crippen LogP contribution in [0.3, 0.4) is 0 Å². The molecule has 0 bridgehead atoms. The summed E-state index contributed by atoms with van der Waals surface area (Å²) in [5, 5.41) is 19.6. The average Bonchev–Trinajstić information content (AvgIpc) is 3.53. The predicted octanol–water partition coefficient (Wildman–Crippen LogP) is 4.90. The lowest BCUT2D eigenvalue weighted by molar-refractivity contribution is 0.108. The molecule has 1 aliphatic heterocycles. The Morgan fingerprint density at radius 1 is 1.21 bits per heavy atom. The Balaban J connectivity index is 1.26. The van der Waals surface area contributed by atoms with E-state index in [1.54, 1.807) is 11.5 Å². The van der Waals surface area contributed by atoms with E-state index in [-0.39, 0.29) is 6.10 Å². The molecule has 0 spiro atoms. The SMILES string of the molecule is CC(OC(=O)Nc1ccc(-c2c(C#N)c3ccc(OCCN4NC=NN4)cc3n2C2CCC2)cc1)C1CC1. The van der Waals surface area contributed by atoms with Crippen molar-refractivity contribution >= 4 is 29.0 Å². The van der Waals surface area contributed by atoms with Crippen LogP contribution >= 0.6 is 0 Å². The first-order valence-corrected chi connectivity index (χ1v) is 13.2. The number of nitriles is 1. The molecule has 2 aromatic carbocycles. The summed E-state index contributed by atoms with van der Waals surface area (Å²) in [5.74, 6) is 1.24. The number of fused-ring (bicyclic) bond motifs is 1. The molecule has 3 aliphatic rings. The number of aromatic nitrogens is 1. The Labute approximate surface area is 221 Å². The lowest BCUT2D eigenvalue weighted by Crippen LogP contribution is -2.41. The lowest BCUT2D eigenvalue weighted by atomic mass is 9.92. The van der Waals surface area contributed by atoms with E-state index in [0.29, 0.717) is 36.4 Å². The highest BCUT2D eigenvalue weighted by molar-refractivity contribution is 5.96. The standard InChI is InChI=1S/C28H31N7O3/c1-18(19-5-6-19)38-28(36)32-21-9-7-20(8-10-21)27-25(16-29)24-12-11-23(37-14-13-34-31-17-30-33-34)15-26(24)35(27)22-3-2-4-22/h7-12,15,17-19,22,33H,2-6,13-14H2,1H3,(H,30,31)(H,32,36). The van der Waals surface area contributed by atoms with Crippen LogP contribution in [-0.2, 0) is 4.74 Å². The minimum atomic E-state index is -0.435. The molecule has 3 aromatic rings. The van der Waals surface area contributed by atoms with Gasteiger partial charge in [0.2, 0.25) is 0 Å². The first kappa shape index (κ1) is 24.1. The van der Waals surface area contributed by atoms with Gasteiger partial charge in [0, 0.05) is 23.2 Å². The van der Waals surface area contributed by atoms with Crippen molar-refractivity contribution in [3.8, 4) is 23.1 Å². The highest BCUT2D eigenvalue weighted by Crippen LogP contribution is 2.43. The summed E-state index contributed by atoms with van der Waals surface area (Å²) in [6.07, 6.45) is 6.63. The highest BCUT2D eigenvalue weighted by atomic mass is 16.6. The summed E-state index contributed by atoms with van der Waals surface area (Å²) < 4.78 is 13.8. The number of hydrogen-bond donors (Lipinski definition) is 3. The molecule has 10 heteroatoms. The van der Waals surface area contributed by atoms with E-state index in [4.69, 9.17) is 9.47 Å². The zero-order chi connectivity index (χ0) is 26.1. The number of amides is 1. The molecule has 38 heavy (non-hydrogen) atoms. The van der Waals surface area contributed by atoms with Gasteiger partial charge in [-0.15, -0.1) is 5.12 Å². The first-order chi connectivity index (χ1) is 18.6. The van der Waals surface area contributed by atoms with Crippen LogP contribution in [0.1, 0.15) is 50.6 Å². The van der Waals surface area contributed by atoms with Crippen molar-refractivity contribution in [3.05, 3.63) is 48.0 Å². The first-order valence-electron chi connectivity index (χ1n) is 13.2. The topological polar surface area (TPSA) is 116 Å². The third-order valence-electron chi connectivity index (χ3n) is 7.55. The molecule has 1 aromatic heterocycles. The number of carbonyl (C=O) groups excluding carboxylic acids is 1. The van der Waals surface area contributed by atoms with Gasteiger partial charge in [-0.2, -0.15) is 10.4 Å². The second-order valence-corrected chi connectivity index (χ2v) is 10.1. The van der Waals surface area contributed by atoms with Gasteiger partial charge in [0.05, 0.1) is 23.3 Å². The molecule has 3 N–H and O–H groups in total. The zero-order valence-corrected chi connectivity index (χ0v) is 21.3. The number of hydrazine groups is 2. The monoisotopic (exact) mass is 513 g/mol. The van der Waals surface area contributed by atoms with Gasteiger partial charge >= 0.3 is 6.09 Å². The van der Waals surface area contributed by atoms with Gasteiger partial charge in [0.15, 0.2) is 0 Å². The number of ether oxygens (including phenoxy) is 2. The number of hydrazone groups is 1. The number of benzene rings is 2. The van der Waals surface area contributed by atoms with Crippen LogP contribution in [0, 0.1) is 17.2 Å². The Kier molecular flexibility index (Phi) is 6.52. The Morgan fingerprint density at radius 2 is 2.03 bits per heavy atom. The summed E-state index contributed by atoms with van der Waals surface area (Å²) in [7, 11) is 0. The van der Waals surface area contributed by atoms with Crippen molar-refractivity contribution in [2.75, 3.05) is 18.5 Å². The van der Waals surface area contributed by atoms with E-state index in [1.807, 2.05) is 49.4 Å². The Bertz CT molecular complexity index is 1390. The third kappa shape index (κ3) is 4.85. The van der Waals surface area contributed by atoms with Gasteiger partial charge in [-0.05, 0) is 74.8 Å². The molecule has 196 valence electrons. The maximum Gasteiger partial charge on any atom is 0.411 e. The van der Waals surface area contributed by atoms with Crippen LogP contribution in [0.5, 0.6) is 5.75 Å². The van der Waals surface area contributed by atoms with Crippen molar-refractivity contribution in [1.82, 2.24) is 20.6 Å². The van der Waals surface area contributed by atoms with Gasteiger partial charge in [-0.3, -0.25) is 10.7 Å². The van der Waals surface area contributed by atoms with Crippen molar-refractivity contribution in [1.29, 1.82) is 5.26 Å². The van der Waals surface area contributed by atoms with Crippen LogP contribution in [0.25, 0.3) is 22.2 Å². The normalized spacial score (nSPS) is 17.8. The van der Waals surface area contributed by atoms with E-state index >= 15 is 0 Å². The molecule has 1 amide bonds. The summed E-state index contributed by atoms with van der Waals surface area (Å²) in [6, 6.07) is 16.4. The minimum absolute atomic E-state index is 0.0675. The lowest BCUT2D eigenvalue weighted by Gasteiger charge is -2.30. The number of hydrogen-bond acceptors (Lipinski definition) is 8. The molecular formula is C28H31N7O3. The van der Waals surface area contributed by atoms with Gasteiger partial charge < -0.3 is 14.0 Å². The molecule has 1 unspecified atom stereocenters. The summed E-state index contributed by atoms with van der Waals surface area (Å²) in [6.45, 7) is 3.01. The van der Waals surface area contributed by atoms with Gasteiger partial charge in [-0.1, -0.05) is 12.1 Å². The maximum atomic E-state index is 12.3. The molecule has 2 saturated carbocycles. The average molecular weight is 514 g/mol. The third-order valence-corrected chi connectivity index (χ3v) is 7.55. The summed E-state index contributed by atoms with van der Waals surface area (Å²) >= 11 is 0. The predicted molar refractivity (Wildman–Crippen MR) is 144 cm³/mol. The van der Waals surface area contributed by atoms with Gasteiger partial charge in [0.25, 0.3) is 0 Å². The summed E-state index contributed by atoms with van der Waals surface area (Å²) in [4.78, 5) is 12.3. The molecule has 0 radical (unpaired) electrons. The molecule has 2 aliphatic carbocycles. The van der Waals surface area contributed by atoms with Gasteiger partial charge in [0.1, 0.15) is 30.9 Å². The fourth-order valence-corrected chi connectivity index (χ4v) is 5.09. The van der Waals surface area contributed by atoms with Crippen molar-refractivity contribution in [2.24, 2.45) is 11.0 Å². The number of rotatable bonds is 9. The zero-order valence-electron chi connectivity index (χ0n) is 21.3. The van der Waals surface area contributed by atoms with E-state index in [0.717, 1.165) is 53.6 Å². The fourth-order valence-electron chi connectivity index (χ4n) is 5.09. The van der Waals surface area contributed by atoms with Crippen molar-refractivity contribution in [3.63, 3.8) is 0 Å². The molecule has 10 nitrogen and oxygen atoms in total. The van der Waals surface area contributed by atoms with E-state index in [2.05, 4.69) is 32.0 Å². The molecule has 2 heterocycles. The second kappa shape index (κ2) is 10.3.